The molecule has 21 heavy (non-hydrogen) atoms. The molecular formula is C14H20ClFN2O3. The summed E-state index contributed by atoms with van der Waals surface area (Å²) in [6.07, 6.45) is 0.528. The van der Waals surface area contributed by atoms with Crippen LogP contribution < -0.4 is 10.1 Å². The van der Waals surface area contributed by atoms with Crippen molar-refractivity contribution in [1.29, 1.82) is 0 Å². The van der Waals surface area contributed by atoms with Gasteiger partial charge in [0.15, 0.2) is 0 Å². The van der Waals surface area contributed by atoms with E-state index in [9.17, 15) is 9.18 Å². The second-order valence-electron chi connectivity index (χ2n) is 5.61. The Morgan fingerprint density at radius 3 is 2.76 bits per heavy atom. The van der Waals surface area contributed by atoms with Crippen LogP contribution in [0, 0.1) is 5.82 Å². The molecule has 0 aliphatic heterocycles. The van der Waals surface area contributed by atoms with Gasteiger partial charge in [0.2, 0.25) is 5.88 Å². The lowest BCUT2D eigenvalue weighted by Gasteiger charge is -2.22. The van der Waals surface area contributed by atoms with E-state index in [4.69, 9.17) is 21.1 Å². The van der Waals surface area contributed by atoms with E-state index in [1.165, 1.54) is 6.07 Å². The Balaban J connectivity index is 2.50. The molecule has 0 fully saturated rings. The van der Waals surface area contributed by atoms with Crippen molar-refractivity contribution in [2.75, 3.05) is 6.61 Å². The van der Waals surface area contributed by atoms with E-state index in [1.54, 1.807) is 27.7 Å². The van der Waals surface area contributed by atoms with Crippen LogP contribution in [-0.2, 0) is 10.6 Å². The van der Waals surface area contributed by atoms with E-state index in [0.29, 0.717) is 5.56 Å². The first-order valence-electron chi connectivity index (χ1n) is 6.54. The van der Waals surface area contributed by atoms with Crippen LogP contribution in [0.15, 0.2) is 12.3 Å². The quantitative estimate of drug-likeness (QED) is 0.847. The van der Waals surface area contributed by atoms with Crippen LogP contribution in [0.1, 0.15) is 33.3 Å². The molecule has 118 valence electrons. The summed E-state index contributed by atoms with van der Waals surface area (Å²) in [5, 5.41) is 2.63. The highest BCUT2D eigenvalue weighted by molar-refractivity contribution is 6.17. The molecule has 1 N–H and O–H groups in total. The van der Waals surface area contributed by atoms with Crippen molar-refractivity contribution in [1.82, 2.24) is 10.3 Å². The molecule has 0 aliphatic carbocycles. The first kappa shape index (κ1) is 17.5. The van der Waals surface area contributed by atoms with Gasteiger partial charge in [-0.2, -0.15) is 0 Å². The number of carbonyl (C=O) groups is 1. The topological polar surface area (TPSA) is 60.5 Å². The third kappa shape index (κ3) is 6.62. The number of pyridine rings is 1. The summed E-state index contributed by atoms with van der Waals surface area (Å²) >= 11 is 5.70. The number of ether oxygens (including phenoxy) is 2. The van der Waals surface area contributed by atoms with Crippen LogP contribution >= 0.6 is 11.6 Å². The standard InChI is InChI=1S/C14H20ClFN2O3/c1-9(18-13(19)21-14(2,3)4)8-20-12-10(6-15)5-11(16)7-17-12/h5,7,9H,6,8H2,1-4H3,(H,18,19)/t9-/m1/s1. The van der Waals surface area contributed by atoms with Crippen LogP contribution in [-0.4, -0.2) is 29.3 Å². The van der Waals surface area contributed by atoms with Gasteiger partial charge in [-0.1, -0.05) is 0 Å². The third-order valence-electron chi connectivity index (χ3n) is 2.27. The average molecular weight is 319 g/mol. The molecule has 1 aromatic rings. The minimum absolute atomic E-state index is 0.0912. The monoisotopic (exact) mass is 318 g/mol. The van der Waals surface area contributed by atoms with E-state index in [-0.39, 0.29) is 24.4 Å². The summed E-state index contributed by atoms with van der Waals surface area (Å²) in [5.41, 5.74) is -0.101. The van der Waals surface area contributed by atoms with Crippen molar-refractivity contribution in [3.63, 3.8) is 0 Å². The highest BCUT2D eigenvalue weighted by atomic mass is 35.5. The molecule has 0 radical (unpaired) electrons. The predicted octanol–water partition coefficient (Wildman–Crippen LogP) is 3.25. The molecule has 1 aromatic heterocycles. The van der Waals surface area contributed by atoms with Gasteiger partial charge >= 0.3 is 6.09 Å². The van der Waals surface area contributed by atoms with E-state index in [2.05, 4.69) is 10.3 Å². The van der Waals surface area contributed by atoms with E-state index in [0.717, 1.165) is 6.20 Å². The van der Waals surface area contributed by atoms with Gasteiger partial charge in [-0.25, -0.2) is 14.2 Å². The number of aromatic nitrogens is 1. The Bertz CT molecular complexity index is 492. The van der Waals surface area contributed by atoms with Gasteiger partial charge in [0.25, 0.3) is 0 Å². The molecule has 1 amide bonds. The zero-order valence-electron chi connectivity index (χ0n) is 12.6. The number of halogens is 2. The molecule has 1 rings (SSSR count). The van der Waals surface area contributed by atoms with Gasteiger partial charge in [0.05, 0.1) is 18.1 Å². The summed E-state index contributed by atoms with van der Waals surface area (Å²) in [7, 11) is 0. The molecule has 1 atom stereocenters. The van der Waals surface area contributed by atoms with Crippen LogP contribution in [0.25, 0.3) is 0 Å². The number of hydrogen-bond acceptors (Lipinski definition) is 4. The third-order valence-corrected chi connectivity index (χ3v) is 2.56. The molecule has 7 heteroatoms. The lowest BCUT2D eigenvalue weighted by Crippen LogP contribution is -2.40. The van der Waals surface area contributed by atoms with Gasteiger partial charge in [-0.15, -0.1) is 11.6 Å². The Labute approximate surface area is 128 Å². The number of alkyl halides is 1. The average Bonchev–Trinajstić information content (AvgIpc) is 2.34. The fourth-order valence-corrected chi connectivity index (χ4v) is 1.64. The number of hydrogen-bond donors (Lipinski definition) is 1. The number of carbonyl (C=O) groups excluding carboxylic acids is 1. The van der Waals surface area contributed by atoms with E-state index < -0.39 is 17.5 Å². The number of amides is 1. The van der Waals surface area contributed by atoms with Crippen LogP contribution in [0.2, 0.25) is 0 Å². The summed E-state index contributed by atoms with van der Waals surface area (Å²) in [4.78, 5) is 15.4. The van der Waals surface area contributed by atoms with Crippen molar-refractivity contribution in [2.24, 2.45) is 0 Å². The lowest BCUT2D eigenvalue weighted by atomic mass is 10.2. The molecule has 0 aromatic carbocycles. The van der Waals surface area contributed by atoms with Crippen molar-refractivity contribution in [3.8, 4) is 5.88 Å². The van der Waals surface area contributed by atoms with Gasteiger partial charge in [0, 0.05) is 5.56 Å². The minimum atomic E-state index is -0.561. The first-order chi connectivity index (χ1) is 9.71. The molecule has 0 aliphatic rings. The first-order valence-corrected chi connectivity index (χ1v) is 7.07. The minimum Gasteiger partial charge on any atom is -0.475 e. The Morgan fingerprint density at radius 2 is 2.19 bits per heavy atom. The maximum Gasteiger partial charge on any atom is 0.407 e. The molecule has 0 saturated carbocycles. The van der Waals surface area contributed by atoms with Gasteiger partial charge in [-0.3, -0.25) is 0 Å². The molecule has 5 nitrogen and oxygen atoms in total. The van der Waals surface area contributed by atoms with E-state index >= 15 is 0 Å². The number of rotatable bonds is 5. The Hall–Kier alpha value is -1.56. The summed E-state index contributed by atoms with van der Waals surface area (Å²) in [6.45, 7) is 7.27. The highest BCUT2D eigenvalue weighted by Gasteiger charge is 2.18. The summed E-state index contributed by atoms with van der Waals surface area (Å²) in [5.74, 6) is -0.129. The van der Waals surface area contributed by atoms with Crippen LogP contribution in [0.5, 0.6) is 5.88 Å². The van der Waals surface area contributed by atoms with Gasteiger partial charge in [-0.05, 0) is 33.8 Å². The van der Waals surface area contributed by atoms with Gasteiger partial charge in [0.1, 0.15) is 18.0 Å². The molecule has 0 unspecified atom stereocenters. The summed E-state index contributed by atoms with van der Waals surface area (Å²) in [6, 6.07) is 0.969. The zero-order valence-corrected chi connectivity index (χ0v) is 13.3. The fourth-order valence-electron chi connectivity index (χ4n) is 1.45. The lowest BCUT2D eigenvalue weighted by molar-refractivity contribution is 0.0493. The normalized spacial score (nSPS) is 12.7. The fraction of sp³-hybridized carbons (Fsp3) is 0.571. The molecule has 0 saturated heterocycles. The number of alkyl carbamates (subject to hydrolysis) is 1. The maximum absolute atomic E-state index is 13.0. The molecule has 0 spiro atoms. The SMILES string of the molecule is C[C@H](COc1ncc(F)cc1CCl)NC(=O)OC(C)(C)C. The number of nitrogens with one attached hydrogen (secondary N) is 1. The zero-order chi connectivity index (χ0) is 16.0. The van der Waals surface area contributed by atoms with Crippen molar-refractivity contribution in [2.45, 2.75) is 45.2 Å². The number of nitrogens with zero attached hydrogens (tertiary/aromatic N) is 1. The maximum atomic E-state index is 13.0. The smallest absolute Gasteiger partial charge is 0.407 e. The second-order valence-corrected chi connectivity index (χ2v) is 5.88. The predicted molar refractivity (Wildman–Crippen MR) is 78.1 cm³/mol. The largest absolute Gasteiger partial charge is 0.475 e. The Morgan fingerprint density at radius 1 is 1.52 bits per heavy atom. The second kappa shape index (κ2) is 7.45. The van der Waals surface area contributed by atoms with Crippen LogP contribution in [0.4, 0.5) is 9.18 Å². The Kier molecular flexibility index (Phi) is 6.20. The molecule has 0 bridgehead atoms. The van der Waals surface area contributed by atoms with Crippen molar-refractivity contribution >= 4 is 17.7 Å². The van der Waals surface area contributed by atoms with E-state index in [1.807, 2.05) is 0 Å². The highest BCUT2D eigenvalue weighted by Crippen LogP contribution is 2.18. The molecule has 1 heterocycles. The van der Waals surface area contributed by atoms with Crippen molar-refractivity contribution in [3.05, 3.63) is 23.6 Å². The summed E-state index contributed by atoms with van der Waals surface area (Å²) < 4.78 is 23.6. The molecular weight excluding hydrogens is 299 g/mol. The van der Waals surface area contributed by atoms with Crippen LogP contribution in [0.3, 0.4) is 0 Å². The van der Waals surface area contributed by atoms with Crippen molar-refractivity contribution < 1.29 is 18.7 Å². The van der Waals surface area contributed by atoms with Gasteiger partial charge < -0.3 is 14.8 Å².